The highest BCUT2D eigenvalue weighted by atomic mass is 19.1. The van der Waals surface area contributed by atoms with Crippen LogP contribution >= 0.6 is 0 Å². The highest BCUT2D eigenvalue weighted by Gasteiger charge is 1.93. The first kappa shape index (κ1) is 9.25. The lowest BCUT2D eigenvalue weighted by Gasteiger charge is -2.02. The van der Waals surface area contributed by atoms with E-state index in [0.29, 0.717) is 5.69 Å². The van der Waals surface area contributed by atoms with Crippen molar-refractivity contribution >= 4 is 11.5 Å². The van der Waals surface area contributed by atoms with Crippen molar-refractivity contribution in [1.29, 1.82) is 5.41 Å². The normalized spacial score (nSPS) is 10.2. The van der Waals surface area contributed by atoms with Gasteiger partial charge in [-0.3, -0.25) is 5.41 Å². The van der Waals surface area contributed by atoms with Crippen LogP contribution in [0.15, 0.2) is 36.5 Å². The summed E-state index contributed by atoms with van der Waals surface area (Å²) in [6.07, 6.45) is 2.67. The van der Waals surface area contributed by atoms with Crippen molar-refractivity contribution in [3.63, 3.8) is 0 Å². The van der Waals surface area contributed by atoms with Gasteiger partial charge < -0.3 is 11.1 Å². The summed E-state index contributed by atoms with van der Waals surface area (Å²) < 4.78 is 12.5. The molecule has 4 N–H and O–H groups in total. The average Bonchev–Trinajstić information content (AvgIpc) is 2.09. The molecule has 4 heteroatoms. The van der Waals surface area contributed by atoms with Crippen LogP contribution in [-0.2, 0) is 0 Å². The highest BCUT2D eigenvalue weighted by Crippen LogP contribution is 2.07. The minimum Gasteiger partial charge on any atom is -0.404 e. The second-order valence-corrected chi connectivity index (χ2v) is 2.40. The summed E-state index contributed by atoms with van der Waals surface area (Å²) in [6, 6.07) is 5.74. The van der Waals surface area contributed by atoms with Gasteiger partial charge in [0.1, 0.15) is 11.7 Å². The van der Waals surface area contributed by atoms with Crippen molar-refractivity contribution in [1.82, 2.24) is 0 Å². The first-order chi connectivity index (χ1) is 6.22. The van der Waals surface area contributed by atoms with Gasteiger partial charge in [-0.05, 0) is 36.5 Å². The quantitative estimate of drug-likeness (QED) is 0.478. The molecule has 0 saturated heterocycles. The predicted molar refractivity (Wildman–Crippen MR) is 51.1 cm³/mol. The van der Waals surface area contributed by atoms with Gasteiger partial charge in [-0.1, -0.05) is 0 Å². The zero-order chi connectivity index (χ0) is 9.68. The van der Waals surface area contributed by atoms with Crippen molar-refractivity contribution in [3.8, 4) is 0 Å². The number of hydrogen-bond donors (Lipinski definition) is 3. The molecule has 3 nitrogen and oxygen atoms in total. The Bertz CT molecular complexity index is 316. The first-order valence-corrected chi connectivity index (χ1v) is 3.72. The van der Waals surface area contributed by atoms with Crippen LogP contribution < -0.4 is 11.1 Å². The van der Waals surface area contributed by atoms with E-state index in [1.165, 1.54) is 24.4 Å². The molecule has 0 atom stereocenters. The molecule has 0 spiro atoms. The fourth-order valence-electron chi connectivity index (χ4n) is 0.827. The van der Waals surface area contributed by atoms with Gasteiger partial charge in [-0.2, -0.15) is 0 Å². The Labute approximate surface area is 75.6 Å². The number of rotatable bonds is 2. The molecular weight excluding hydrogens is 169 g/mol. The van der Waals surface area contributed by atoms with E-state index in [4.69, 9.17) is 11.1 Å². The molecule has 0 heterocycles. The maximum absolute atomic E-state index is 12.5. The molecule has 1 aromatic rings. The van der Waals surface area contributed by atoms with Gasteiger partial charge in [0.25, 0.3) is 0 Å². The zero-order valence-corrected chi connectivity index (χ0v) is 6.92. The van der Waals surface area contributed by atoms with E-state index in [9.17, 15) is 4.39 Å². The third-order valence-corrected chi connectivity index (χ3v) is 1.39. The second-order valence-electron chi connectivity index (χ2n) is 2.40. The summed E-state index contributed by atoms with van der Waals surface area (Å²) in [5.74, 6) is -0.138. The van der Waals surface area contributed by atoms with Crippen LogP contribution in [0.2, 0.25) is 0 Å². The summed E-state index contributed by atoms with van der Waals surface area (Å²) in [4.78, 5) is 0. The van der Waals surface area contributed by atoms with Crippen molar-refractivity contribution in [2.75, 3.05) is 5.32 Å². The lowest BCUT2D eigenvalue weighted by molar-refractivity contribution is 0.628. The lowest BCUT2D eigenvalue weighted by Crippen LogP contribution is -2.07. The molecule has 68 valence electrons. The zero-order valence-electron chi connectivity index (χ0n) is 6.92. The number of hydrogen-bond acceptors (Lipinski definition) is 2. The van der Waals surface area contributed by atoms with Crippen molar-refractivity contribution in [3.05, 3.63) is 42.4 Å². The number of halogens is 1. The molecule has 1 rings (SSSR count). The topological polar surface area (TPSA) is 61.9 Å². The Morgan fingerprint density at radius 2 is 2.00 bits per heavy atom. The minimum atomic E-state index is -0.300. The molecule has 0 bridgehead atoms. The Morgan fingerprint density at radius 3 is 2.54 bits per heavy atom. The number of amidine groups is 1. The van der Waals surface area contributed by atoms with Crippen LogP contribution in [0, 0.1) is 11.2 Å². The molecule has 1 aromatic carbocycles. The van der Waals surface area contributed by atoms with Crippen molar-refractivity contribution in [2.24, 2.45) is 5.73 Å². The molecule has 0 saturated carbocycles. The lowest BCUT2D eigenvalue weighted by atomic mass is 10.3. The number of nitrogens with one attached hydrogen (secondary N) is 2. The van der Waals surface area contributed by atoms with Gasteiger partial charge in [0.15, 0.2) is 0 Å². The molecule has 0 aromatic heterocycles. The first-order valence-electron chi connectivity index (χ1n) is 3.72. The summed E-state index contributed by atoms with van der Waals surface area (Å²) in [5.41, 5.74) is 5.74. The SMILES string of the molecule is N=C(/C=C\N)Nc1ccc(F)cc1. The summed E-state index contributed by atoms with van der Waals surface area (Å²) >= 11 is 0. The van der Waals surface area contributed by atoms with Crippen LogP contribution in [0.4, 0.5) is 10.1 Å². The van der Waals surface area contributed by atoms with E-state index >= 15 is 0 Å². The van der Waals surface area contributed by atoms with E-state index < -0.39 is 0 Å². The van der Waals surface area contributed by atoms with Gasteiger partial charge in [-0.25, -0.2) is 4.39 Å². The summed E-state index contributed by atoms with van der Waals surface area (Å²) in [5, 5.41) is 10.0. The van der Waals surface area contributed by atoms with E-state index in [1.807, 2.05) is 0 Å². The van der Waals surface area contributed by atoms with Crippen LogP contribution in [0.25, 0.3) is 0 Å². The largest absolute Gasteiger partial charge is 0.404 e. The van der Waals surface area contributed by atoms with Crippen LogP contribution in [0.1, 0.15) is 0 Å². The molecular formula is C9H10FN3. The van der Waals surface area contributed by atoms with Gasteiger partial charge in [-0.15, -0.1) is 0 Å². The maximum atomic E-state index is 12.5. The third-order valence-electron chi connectivity index (χ3n) is 1.39. The van der Waals surface area contributed by atoms with Crippen LogP contribution in [0.5, 0.6) is 0 Å². The predicted octanol–water partition coefficient (Wildman–Crippen LogP) is 1.69. The second kappa shape index (κ2) is 4.25. The van der Waals surface area contributed by atoms with E-state index in [0.717, 1.165) is 0 Å². The maximum Gasteiger partial charge on any atom is 0.123 e. The monoisotopic (exact) mass is 179 g/mol. The Balaban J connectivity index is 2.64. The average molecular weight is 179 g/mol. The third kappa shape index (κ3) is 2.94. The van der Waals surface area contributed by atoms with Gasteiger partial charge in [0, 0.05) is 5.69 Å². The van der Waals surface area contributed by atoms with Crippen LogP contribution in [0.3, 0.4) is 0 Å². The smallest absolute Gasteiger partial charge is 0.123 e. The molecule has 0 fully saturated rings. The van der Waals surface area contributed by atoms with E-state index in [-0.39, 0.29) is 11.7 Å². The molecule has 0 unspecified atom stereocenters. The summed E-state index contributed by atoms with van der Waals surface area (Å²) in [6.45, 7) is 0. The van der Waals surface area contributed by atoms with Gasteiger partial charge in [0.05, 0.1) is 0 Å². The summed E-state index contributed by atoms with van der Waals surface area (Å²) in [7, 11) is 0. The molecule has 0 radical (unpaired) electrons. The standard InChI is InChI=1S/C9H10FN3/c10-7-1-3-8(4-2-7)13-9(12)5-6-11/h1-6H,11H2,(H2,12,13)/b6-5-. The molecule has 0 amide bonds. The van der Waals surface area contributed by atoms with Crippen molar-refractivity contribution < 1.29 is 4.39 Å². The Hall–Kier alpha value is -1.84. The molecule has 0 aliphatic rings. The molecule has 0 aliphatic carbocycles. The van der Waals surface area contributed by atoms with Crippen LogP contribution in [-0.4, -0.2) is 5.84 Å². The van der Waals surface area contributed by atoms with Gasteiger partial charge in [0.2, 0.25) is 0 Å². The minimum absolute atomic E-state index is 0.161. The van der Waals surface area contributed by atoms with Gasteiger partial charge >= 0.3 is 0 Å². The fraction of sp³-hybridized carbons (Fsp3) is 0. The Kier molecular flexibility index (Phi) is 3.03. The molecule has 13 heavy (non-hydrogen) atoms. The highest BCUT2D eigenvalue weighted by molar-refractivity contribution is 6.01. The van der Waals surface area contributed by atoms with E-state index in [2.05, 4.69) is 5.32 Å². The molecule has 0 aliphatic heterocycles. The Morgan fingerprint density at radius 1 is 1.38 bits per heavy atom. The number of nitrogens with two attached hydrogens (primary N) is 1. The number of benzene rings is 1. The number of anilines is 1. The van der Waals surface area contributed by atoms with Crippen molar-refractivity contribution in [2.45, 2.75) is 0 Å². The fourth-order valence-corrected chi connectivity index (χ4v) is 0.827. The van der Waals surface area contributed by atoms with E-state index in [1.54, 1.807) is 12.1 Å².